The van der Waals surface area contributed by atoms with Crippen LogP contribution in [0.25, 0.3) is 0 Å². The number of urea groups is 1. The largest absolute Gasteiger partial charge is 0.335 e. The van der Waals surface area contributed by atoms with Crippen LogP contribution in [0.2, 0.25) is 0 Å². The van der Waals surface area contributed by atoms with Crippen LogP contribution in [0.3, 0.4) is 0 Å². The molecule has 1 heterocycles. The molecular formula is C12H14N2O2S. The van der Waals surface area contributed by atoms with Gasteiger partial charge in [0.1, 0.15) is 5.54 Å². The average molecular weight is 250 g/mol. The fourth-order valence-electron chi connectivity index (χ4n) is 1.51. The molecule has 1 aliphatic rings. The number of nitrogens with one attached hydrogen (secondary N) is 1. The molecule has 1 aromatic rings. The number of hydrogen-bond acceptors (Lipinski definition) is 3. The van der Waals surface area contributed by atoms with Crippen molar-refractivity contribution in [1.82, 2.24) is 9.62 Å². The van der Waals surface area contributed by atoms with Crippen molar-refractivity contribution in [3.05, 3.63) is 29.8 Å². The van der Waals surface area contributed by atoms with E-state index in [-0.39, 0.29) is 11.9 Å². The van der Waals surface area contributed by atoms with E-state index in [0.717, 1.165) is 22.4 Å². The van der Waals surface area contributed by atoms with Crippen LogP contribution in [0.4, 0.5) is 4.79 Å². The predicted octanol–water partition coefficient (Wildman–Crippen LogP) is 2.33. The summed E-state index contributed by atoms with van der Waals surface area (Å²) < 4.78 is 1.17. The van der Waals surface area contributed by atoms with E-state index < -0.39 is 5.54 Å². The van der Waals surface area contributed by atoms with Crippen molar-refractivity contribution in [2.24, 2.45) is 0 Å². The summed E-state index contributed by atoms with van der Waals surface area (Å²) >= 11 is 1.15. The van der Waals surface area contributed by atoms with Gasteiger partial charge in [0.25, 0.3) is 5.91 Å². The maximum Gasteiger partial charge on any atom is 0.335 e. The van der Waals surface area contributed by atoms with Crippen molar-refractivity contribution in [1.29, 1.82) is 0 Å². The summed E-state index contributed by atoms with van der Waals surface area (Å²) in [6, 6.07) is 7.33. The molecule has 0 saturated carbocycles. The van der Waals surface area contributed by atoms with E-state index in [4.69, 9.17) is 0 Å². The highest BCUT2D eigenvalue weighted by Crippen LogP contribution is 2.29. The molecule has 5 heteroatoms. The Morgan fingerprint density at radius 2 is 1.76 bits per heavy atom. The van der Waals surface area contributed by atoms with Gasteiger partial charge in [0.15, 0.2) is 0 Å². The second-order valence-corrected chi connectivity index (χ2v) is 5.58. The molecule has 1 aliphatic heterocycles. The van der Waals surface area contributed by atoms with Crippen molar-refractivity contribution >= 4 is 23.9 Å². The average Bonchev–Trinajstić information content (AvgIpc) is 2.44. The van der Waals surface area contributed by atoms with Crippen LogP contribution in [-0.4, -0.2) is 21.8 Å². The van der Waals surface area contributed by atoms with E-state index in [1.807, 2.05) is 31.2 Å². The van der Waals surface area contributed by atoms with Crippen molar-refractivity contribution in [3.8, 4) is 0 Å². The van der Waals surface area contributed by atoms with Crippen LogP contribution >= 0.6 is 11.9 Å². The number of carbonyl (C=O) groups excluding carboxylic acids is 2. The molecule has 0 radical (unpaired) electrons. The second-order valence-electron chi connectivity index (χ2n) is 4.56. The summed E-state index contributed by atoms with van der Waals surface area (Å²) in [6.07, 6.45) is 0. The summed E-state index contributed by atoms with van der Waals surface area (Å²) in [4.78, 5) is 24.4. The summed E-state index contributed by atoms with van der Waals surface area (Å²) in [5, 5.41) is 2.64. The van der Waals surface area contributed by atoms with Gasteiger partial charge in [0.2, 0.25) is 0 Å². The van der Waals surface area contributed by atoms with Gasteiger partial charge >= 0.3 is 6.03 Å². The van der Waals surface area contributed by atoms with E-state index in [0.29, 0.717) is 0 Å². The minimum atomic E-state index is -0.811. The Bertz CT molecular complexity index is 468. The molecule has 3 amide bonds. The molecule has 1 N–H and O–H groups in total. The third kappa shape index (κ3) is 2.29. The highest BCUT2D eigenvalue weighted by molar-refractivity contribution is 7.98. The fraction of sp³-hybridized carbons (Fsp3) is 0.333. The van der Waals surface area contributed by atoms with Crippen LogP contribution in [0.5, 0.6) is 0 Å². The lowest BCUT2D eigenvalue weighted by Gasteiger charge is -2.14. The van der Waals surface area contributed by atoms with Gasteiger partial charge in [0, 0.05) is 4.90 Å². The van der Waals surface area contributed by atoms with E-state index in [2.05, 4.69) is 5.32 Å². The monoisotopic (exact) mass is 250 g/mol. The third-order valence-electron chi connectivity index (χ3n) is 2.54. The molecule has 1 fully saturated rings. The molecule has 0 aliphatic carbocycles. The molecule has 0 unspecified atom stereocenters. The molecule has 1 saturated heterocycles. The Morgan fingerprint density at radius 3 is 2.24 bits per heavy atom. The number of carbonyl (C=O) groups is 2. The Kier molecular flexibility index (Phi) is 2.87. The predicted molar refractivity (Wildman–Crippen MR) is 66.5 cm³/mol. The lowest BCUT2D eigenvalue weighted by atomic mass is 10.1. The van der Waals surface area contributed by atoms with Gasteiger partial charge in [-0.05, 0) is 44.9 Å². The molecular weight excluding hydrogens is 236 g/mol. The molecule has 0 bridgehead atoms. The number of aryl methyl sites for hydroxylation is 1. The molecule has 90 valence electrons. The highest BCUT2D eigenvalue weighted by Gasteiger charge is 2.45. The van der Waals surface area contributed by atoms with Gasteiger partial charge in [-0.15, -0.1) is 0 Å². The van der Waals surface area contributed by atoms with Crippen molar-refractivity contribution < 1.29 is 9.59 Å². The van der Waals surface area contributed by atoms with Crippen LogP contribution in [0.15, 0.2) is 29.2 Å². The highest BCUT2D eigenvalue weighted by atomic mass is 32.2. The topological polar surface area (TPSA) is 49.4 Å². The molecule has 0 atom stereocenters. The Labute approximate surface area is 105 Å². The van der Waals surface area contributed by atoms with E-state index in [1.165, 1.54) is 4.31 Å². The number of hydrogen-bond donors (Lipinski definition) is 1. The SMILES string of the molecule is Cc1ccc(SN2C(=O)NC(C)(C)C2=O)cc1. The Morgan fingerprint density at radius 1 is 1.18 bits per heavy atom. The summed E-state index contributed by atoms with van der Waals surface area (Å²) in [5.74, 6) is -0.215. The van der Waals surface area contributed by atoms with E-state index in [1.54, 1.807) is 13.8 Å². The lowest BCUT2D eigenvalue weighted by Crippen LogP contribution is -2.39. The van der Waals surface area contributed by atoms with Crippen LogP contribution in [-0.2, 0) is 4.79 Å². The van der Waals surface area contributed by atoms with Gasteiger partial charge in [-0.3, -0.25) is 4.79 Å². The van der Waals surface area contributed by atoms with Gasteiger partial charge < -0.3 is 5.32 Å². The van der Waals surface area contributed by atoms with Gasteiger partial charge in [-0.1, -0.05) is 17.7 Å². The molecule has 1 aromatic carbocycles. The smallest absolute Gasteiger partial charge is 0.323 e. The number of benzene rings is 1. The first-order chi connectivity index (χ1) is 7.90. The normalized spacial score (nSPS) is 18.4. The molecule has 0 aromatic heterocycles. The van der Waals surface area contributed by atoms with Gasteiger partial charge in [-0.25, -0.2) is 4.79 Å². The molecule has 2 rings (SSSR count). The van der Waals surface area contributed by atoms with Crippen LogP contribution in [0, 0.1) is 6.92 Å². The zero-order chi connectivity index (χ0) is 12.6. The van der Waals surface area contributed by atoms with Crippen LogP contribution < -0.4 is 5.32 Å². The first-order valence-electron chi connectivity index (χ1n) is 5.31. The van der Waals surface area contributed by atoms with Gasteiger partial charge in [-0.2, -0.15) is 4.31 Å². The van der Waals surface area contributed by atoms with E-state index in [9.17, 15) is 9.59 Å². The van der Waals surface area contributed by atoms with E-state index >= 15 is 0 Å². The standard InChI is InChI=1S/C12H14N2O2S/c1-8-4-6-9(7-5-8)17-14-10(15)12(2,3)13-11(14)16/h4-7H,1-3H3,(H,13,16). The van der Waals surface area contributed by atoms with Crippen molar-refractivity contribution in [2.45, 2.75) is 31.2 Å². The minimum Gasteiger partial charge on any atom is -0.323 e. The zero-order valence-corrected chi connectivity index (χ0v) is 10.8. The zero-order valence-electron chi connectivity index (χ0n) is 9.98. The molecule has 17 heavy (non-hydrogen) atoms. The first kappa shape index (κ1) is 12.0. The number of nitrogens with zero attached hydrogens (tertiary/aromatic N) is 1. The van der Waals surface area contributed by atoms with Crippen molar-refractivity contribution in [3.63, 3.8) is 0 Å². The van der Waals surface area contributed by atoms with Crippen molar-refractivity contribution in [2.75, 3.05) is 0 Å². The maximum absolute atomic E-state index is 11.9. The quantitative estimate of drug-likeness (QED) is 0.647. The van der Waals surface area contributed by atoms with Gasteiger partial charge in [0.05, 0.1) is 0 Å². The minimum absolute atomic E-state index is 0.215. The molecule has 0 spiro atoms. The molecule has 4 nitrogen and oxygen atoms in total. The Hall–Kier alpha value is -1.49. The van der Waals surface area contributed by atoms with Crippen LogP contribution in [0.1, 0.15) is 19.4 Å². The fourth-order valence-corrected chi connectivity index (χ4v) is 2.41. The number of imide groups is 1. The maximum atomic E-state index is 11.9. The number of amides is 3. The third-order valence-corrected chi connectivity index (χ3v) is 3.54. The first-order valence-corrected chi connectivity index (χ1v) is 6.09. The Balaban J connectivity index is 2.17. The second kappa shape index (κ2) is 4.07. The summed E-state index contributed by atoms with van der Waals surface area (Å²) in [7, 11) is 0. The summed E-state index contributed by atoms with van der Waals surface area (Å²) in [5.41, 5.74) is 0.335. The summed E-state index contributed by atoms with van der Waals surface area (Å²) in [6.45, 7) is 5.39. The lowest BCUT2D eigenvalue weighted by molar-refractivity contribution is -0.126. The number of rotatable bonds is 2.